The standard InChI is InChI=1S/C24H28N2O2S/c27-29(28,24-13-12-20-8-2-4-10-22(20)18-24)25-15-6-1-7-16-26-17-14-21-9-3-5-11-23(21)19-26/h2-5,8-13,18,25H,1,6-7,14-17,19H2. The molecule has 1 aliphatic rings. The third-order valence-electron chi connectivity index (χ3n) is 5.68. The zero-order valence-electron chi connectivity index (χ0n) is 16.7. The van der Waals surface area contributed by atoms with Crippen LogP contribution < -0.4 is 4.72 Å². The Kier molecular flexibility index (Phi) is 6.28. The normalized spacial score (nSPS) is 14.8. The van der Waals surface area contributed by atoms with E-state index in [4.69, 9.17) is 0 Å². The largest absolute Gasteiger partial charge is 0.299 e. The molecule has 0 fully saturated rings. The Morgan fingerprint density at radius 2 is 1.59 bits per heavy atom. The van der Waals surface area contributed by atoms with Gasteiger partial charge >= 0.3 is 0 Å². The Hall–Kier alpha value is -2.21. The van der Waals surface area contributed by atoms with Gasteiger partial charge in [-0.2, -0.15) is 0 Å². The van der Waals surface area contributed by atoms with Gasteiger partial charge in [-0.3, -0.25) is 4.90 Å². The van der Waals surface area contributed by atoms with Crippen LogP contribution in [0.2, 0.25) is 0 Å². The maximum atomic E-state index is 12.6. The van der Waals surface area contributed by atoms with E-state index >= 15 is 0 Å². The van der Waals surface area contributed by atoms with Crippen molar-refractivity contribution in [1.82, 2.24) is 9.62 Å². The first kappa shape index (κ1) is 20.1. The van der Waals surface area contributed by atoms with Gasteiger partial charge < -0.3 is 0 Å². The molecule has 4 rings (SSSR count). The first-order chi connectivity index (χ1) is 14.1. The summed E-state index contributed by atoms with van der Waals surface area (Å²) in [6, 6.07) is 21.8. The first-order valence-electron chi connectivity index (χ1n) is 10.4. The summed E-state index contributed by atoms with van der Waals surface area (Å²) < 4.78 is 27.9. The summed E-state index contributed by atoms with van der Waals surface area (Å²) in [5, 5.41) is 1.99. The van der Waals surface area contributed by atoms with Crippen LogP contribution in [0.1, 0.15) is 30.4 Å². The molecule has 0 radical (unpaired) electrons. The molecule has 0 saturated heterocycles. The number of hydrogen-bond acceptors (Lipinski definition) is 3. The second-order valence-electron chi connectivity index (χ2n) is 7.76. The van der Waals surface area contributed by atoms with Crippen molar-refractivity contribution in [3.8, 4) is 0 Å². The third kappa shape index (κ3) is 5.04. The predicted octanol–water partition coefficient (Wildman–Crippen LogP) is 4.35. The lowest BCUT2D eigenvalue weighted by Crippen LogP contribution is -2.31. The Morgan fingerprint density at radius 3 is 2.45 bits per heavy atom. The Bertz CT molecular complexity index is 1080. The summed E-state index contributed by atoms with van der Waals surface area (Å²) in [6.45, 7) is 3.71. The number of nitrogens with one attached hydrogen (secondary N) is 1. The smallest absolute Gasteiger partial charge is 0.240 e. The van der Waals surface area contributed by atoms with Gasteiger partial charge in [0.15, 0.2) is 0 Å². The summed E-state index contributed by atoms with van der Waals surface area (Å²) in [5.74, 6) is 0. The Balaban J connectivity index is 1.20. The first-order valence-corrected chi connectivity index (χ1v) is 11.9. The maximum Gasteiger partial charge on any atom is 0.240 e. The fourth-order valence-corrected chi connectivity index (χ4v) is 5.12. The van der Waals surface area contributed by atoms with Gasteiger partial charge in [-0.25, -0.2) is 13.1 Å². The van der Waals surface area contributed by atoms with Crippen molar-refractivity contribution < 1.29 is 8.42 Å². The molecule has 0 aromatic heterocycles. The van der Waals surface area contributed by atoms with E-state index in [2.05, 4.69) is 33.9 Å². The SMILES string of the molecule is O=S(=O)(NCCCCCN1CCc2ccccc2C1)c1ccc2ccccc2c1. The monoisotopic (exact) mass is 408 g/mol. The summed E-state index contributed by atoms with van der Waals surface area (Å²) in [4.78, 5) is 2.84. The number of rotatable bonds is 8. The molecular weight excluding hydrogens is 380 g/mol. The van der Waals surface area contributed by atoms with E-state index in [0.717, 1.165) is 56.1 Å². The molecule has 3 aromatic rings. The highest BCUT2D eigenvalue weighted by molar-refractivity contribution is 7.89. The van der Waals surface area contributed by atoms with Crippen LogP contribution in [0.5, 0.6) is 0 Å². The van der Waals surface area contributed by atoms with Crippen molar-refractivity contribution in [2.45, 2.75) is 37.1 Å². The number of unbranched alkanes of at least 4 members (excludes halogenated alkanes) is 2. The second kappa shape index (κ2) is 9.08. The van der Waals surface area contributed by atoms with Gasteiger partial charge in [-0.1, -0.05) is 61.0 Å². The molecule has 0 unspecified atom stereocenters. The molecular formula is C24H28N2O2S. The van der Waals surface area contributed by atoms with Gasteiger partial charge in [-0.05, 0) is 59.8 Å². The lowest BCUT2D eigenvalue weighted by atomic mass is 10.00. The van der Waals surface area contributed by atoms with Crippen LogP contribution in [0.3, 0.4) is 0 Å². The molecule has 1 heterocycles. The highest BCUT2D eigenvalue weighted by Crippen LogP contribution is 2.20. The lowest BCUT2D eigenvalue weighted by molar-refractivity contribution is 0.248. The minimum absolute atomic E-state index is 0.336. The van der Waals surface area contributed by atoms with E-state index in [0.29, 0.717) is 11.4 Å². The number of nitrogens with zero attached hydrogens (tertiary/aromatic N) is 1. The average Bonchev–Trinajstić information content (AvgIpc) is 2.75. The molecule has 0 spiro atoms. The Labute approximate surface area is 173 Å². The van der Waals surface area contributed by atoms with Crippen molar-refractivity contribution in [1.29, 1.82) is 0 Å². The van der Waals surface area contributed by atoms with Crippen molar-refractivity contribution in [2.75, 3.05) is 19.6 Å². The van der Waals surface area contributed by atoms with Crippen molar-refractivity contribution in [3.63, 3.8) is 0 Å². The van der Waals surface area contributed by atoms with Crippen LogP contribution >= 0.6 is 0 Å². The second-order valence-corrected chi connectivity index (χ2v) is 9.53. The molecule has 0 saturated carbocycles. The molecule has 0 atom stereocenters. The van der Waals surface area contributed by atoms with E-state index in [-0.39, 0.29) is 0 Å². The predicted molar refractivity (Wildman–Crippen MR) is 118 cm³/mol. The van der Waals surface area contributed by atoms with E-state index in [9.17, 15) is 8.42 Å². The summed E-state index contributed by atoms with van der Waals surface area (Å²) in [7, 11) is -3.45. The lowest BCUT2D eigenvalue weighted by Gasteiger charge is -2.28. The third-order valence-corrected chi connectivity index (χ3v) is 7.14. The zero-order valence-corrected chi connectivity index (χ0v) is 17.5. The minimum Gasteiger partial charge on any atom is -0.299 e. The zero-order chi connectivity index (χ0) is 20.1. The van der Waals surface area contributed by atoms with E-state index in [1.54, 1.807) is 12.1 Å². The number of benzene rings is 3. The number of sulfonamides is 1. The van der Waals surface area contributed by atoms with Crippen LogP contribution in [0.25, 0.3) is 10.8 Å². The van der Waals surface area contributed by atoms with E-state index in [1.165, 1.54) is 11.1 Å². The molecule has 1 aliphatic heterocycles. The average molecular weight is 409 g/mol. The van der Waals surface area contributed by atoms with Crippen LogP contribution in [0.4, 0.5) is 0 Å². The molecule has 0 amide bonds. The quantitative estimate of drug-likeness (QED) is 0.564. The van der Waals surface area contributed by atoms with Gasteiger partial charge in [-0.15, -0.1) is 0 Å². The molecule has 29 heavy (non-hydrogen) atoms. The van der Waals surface area contributed by atoms with Crippen LogP contribution in [0.15, 0.2) is 71.6 Å². The molecule has 0 bridgehead atoms. The minimum atomic E-state index is -3.45. The van der Waals surface area contributed by atoms with Crippen LogP contribution in [-0.4, -0.2) is 33.0 Å². The van der Waals surface area contributed by atoms with Gasteiger partial charge in [0.05, 0.1) is 4.90 Å². The highest BCUT2D eigenvalue weighted by Gasteiger charge is 2.15. The molecule has 152 valence electrons. The van der Waals surface area contributed by atoms with E-state index in [1.807, 2.05) is 30.3 Å². The summed E-state index contributed by atoms with van der Waals surface area (Å²) in [5.41, 5.74) is 2.92. The van der Waals surface area contributed by atoms with Crippen molar-refractivity contribution in [3.05, 3.63) is 77.9 Å². The van der Waals surface area contributed by atoms with Crippen LogP contribution in [-0.2, 0) is 23.0 Å². The van der Waals surface area contributed by atoms with Gasteiger partial charge in [0, 0.05) is 19.6 Å². The number of fused-ring (bicyclic) bond motifs is 2. The van der Waals surface area contributed by atoms with Gasteiger partial charge in [0.25, 0.3) is 0 Å². The highest BCUT2D eigenvalue weighted by atomic mass is 32.2. The van der Waals surface area contributed by atoms with Gasteiger partial charge in [0.1, 0.15) is 0 Å². The van der Waals surface area contributed by atoms with Crippen molar-refractivity contribution in [2.24, 2.45) is 0 Å². The molecule has 4 nitrogen and oxygen atoms in total. The van der Waals surface area contributed by atoms with E-state index < -0.39 is 10.0 Å². The fraction of sp³-hybridized carbons (Fsp3) is 0.333. The number of hydrogen-bond donors (Lipinski definition) is 1. The Morgan fingerprint density at radius 1 is 0.828 bits per heavy atom. The van der Waals surface area contributed by atoms with Crippen LogP contribution in [0, 0.1) is 0 Å². The maximum absolute atomic E-state index is 12.6. The molecule has 0 aliphatic carbocycles. The fourth-order valence-electron chi connectivity index (χ4n) is 4.01. The van der Waals surface area contributed by atoms with Gasteiger partial charge in [0.2, 0.25) is 10.0 Å². The molecule has 1 N–H and O–H groups in total. The van der Waals surface area contributed by atoms with Crippen molar-refractivity contribution >= 4 is 20.8 Å². The molecule has 5 heteroatoms. The topological polar surface area (TPSA) is 49.4 Å². The molecule has 3 aromatic carbocycles. The summed E-state index contributed by atoms with van der Waals surface area (Å²) >= 11 is 0. The summed E-state index contributed by atoms with van der Waals surface area (Å²) in [6.07, 6.45) is 4.11.